The lowest BCUT2D eigenvalue weighted by Crippen LogP contribution is -2.21. The van der Waals surface area contributed by atoms with Crippen molar-refractivity contribution >= 4 is 11.9 Å². The van der Waals surface area contributed by atoms with Crippen molar-refractivity contribution < 1.29 is 29.6 Å². The number of carboxylic acid groups (broad SMARTS) is 1. The summed E-state index contributed by atoms with van der Waals surface area (Å²) in [6, 6.07) is 0. The minimum atomic E-state index is -0.987. The monoisotopic (exact) mass is 403 g/mol. The highest BCUT2D eigenvalue weighted by Crippen LogP contribution is 2.12. The minimum absolute atomic E-state index is 0.155. The van der Waals surface area contributed by atoms with Crippen molar-refractivity contribution in [2.24, 2.45) is 5.73 Å². The molecule has 0 bridgehead atoms. The predicted octanol–water partition coefficient (Wildman–Crippen LogP) is 3.17. The molecule has 0 heterocycles. The van der Waals surface area contributed by atoms with E-state index in [9.17, 15) is 9.59 Å². The summed E-state index contributed by atoms with van der Waals surface area (Å²) in [5.74, 6) is -1.43. The lowest BCUT2D eigenvalue weighted by molar-refractivity contribution is -0.141. The van der Waals surface area contributed by atoms with Crippen LogP contribution in [0, 0.1) is 0 Å². The Morgan fingerprint density at radius 2 is 1.43 bits per heavy atom. The Morgan fingerprint density at radius 3 is 1.86 bits per heavy atom. The molecule has 0 amide bonds. The second-order valence-electron chi connectivity index (χ2n) is 6.79. The molecule has 166 valence electrons. The van der Waals surface area contributed by atoms with E-state index in [2.05, 4.69) is 12.7 Å². The smallest absolute Gasteiger partial charge is 0.330 e. The summed E-state index contributed by atoms with van der Waals surface area (Å²) < 4.78 is 4.77. The maximum atomic E-state index is 11.3. The molecule has 0 aromatic carbocycles. The van der Waals surface area contributed by atoms with Gasteiger partial charge < -0.3 is 25.8 Å². The highest BCUT2D eigenvalue weighted by atomic mass is 16.5. The van der Waals surface area contributed by atoms with E-state index in [1.54, 1.807) is 0 Å². The molecular formula is C21H41NO6. The molecule has 0 aromatic heterocycles. The predicted molar refractivity (Wildman–Crippen MR) is 111 cm³/mol. The van der Waals surface area contributed by atoms with Gasteiger partial charge >= 0.3 is 11.9 Å². The van der Waals surface area contributed by atoms with E-state index >= 15 is 0 Å². The summed E-state index contributed by atoms with van der Waals surface area (Å²) in [6.07, 6.45) is 17.6. The molecule has 5 N–H and O–H groups in total. The molecule has 0 aliphatic heterocycles. The second kappa shape index (κ2) is 23.6. The fourth-order valence-electron chi connectivity index (χ4n) is 2.39. The molecule has 7 nitrogen and oxygen atoms in total. The normalized spacial score (nSPS) is 11.7. The third-order valence-electron chi connectivity index (χ3n) is 4.03. The Kier molecular flexibility index (Phi) is 24.2. The van der Waals surface area contributed by atoms with Gasteiger partial charge in [-0.05, 0) is 12.8 Å². The summed E-state index contributed by atoms with van der Waals surface area (Å²) in [5, 5.41) is 25.2. The fraction of sp³-hybridized carbons (Fsp3) is 0.810. The number of carbonyl (C=O) groups excluding carboxylic acids is 1. The van der Waals surface area contributed by atoms with Crippen LogP contribution in [0.2, 0.25) is 0 Å². The first-order chi connectivity index (χ1) is 13.5. The number of esters is 1. The summed E-state index contributed by atoms with van der Waals surface area (Å²) in [6.45, 7) is 1.42. The van der Waals surface area contributed by atoms with Crippen LogP contribution >= 0.6 is 0 Å². The number of rotatable bonds is 17. The summed E-state index contributed by atoms with van der Waals surface area (Å²) >= 11 is 0. The van der Waals surface area contributed by atoms with E-state index in [1.165, 1.54) is 70.3 Å². The summed E-state index contributed by atoms with van der Waals surface area (Å²) in [4.78, 5) is 20.5. The average molecular weight is 404 g/mol. The number of ether oxygens (including phenoxy) is 1. The first-order valence-corrected chi connectivity index (χ1v) is 10.5. The molecule has 0 fully saturated rings. The van der Waals surface area contributed by atoms with Crippen LogP contribution in [0.3, 0.4) is 0 Å². The molecule has 1 atom stereocenters. The molecule has 7 heteroatoms. The molecule has 28 heavy (non-hydrogen) atoms. The molecule has 0 radical (unpaired) electrons. The molecule has 1 unspecified atom stereocenters. The topological polar surface area (TPSA) is 130 Å². The van der Waals surface area contributed by atoms with Crippen molar-refractivity contribution in [2.75, 3.05) is 19.8 Å². The van der Waals surface area contributed by atoms with Gasteiger partial charge in [0.15, 0.2) is 0 Å². The molecule has 0 rings (SSSR count). The van der Waals surface area contributed by atoms with Gasteiger partial charge in [0.1, 0.15) is 12.7 Å². The quantitative estimate of drug-likeness (QED) is 0.167. The van der Waals surface area contributed by atoms with Crippen LogP contribution < -0.4 is 5.73 Å². The SMILES string of the molecule is CCCCCCCCCCCCCC=CC(=O)OCC(O)CO.NCC(=O)O. The molecular weight excluding hydrogens is 362 g/mol. The number of nitrogens with two attached hydrogens (primary N) is 1. The number of allylic oxidation sites excluding steroid dienone is 1. The molecule has 0 aromatic rings. The number of hydrogen-bond donors (Lipinski definition) is 4. The Hall–Kier alpha value is -1.44. The van der Waals surface area contributed by atoms with Crippen LogP contribution in [0.4, 0.5) is 0 Å². The summed E-state index contributed by atoms with van der Waals surface area (Å²) in [5.41, 5.74) is 4.57. The van der Waals surface area contributed by atoms with Gasteiger partial charge in [0.25, 0.3) is 0 Å². The van der Waals surface area contributed by atoms with Gasteiger partial charge in [-0.2, -0.15) is 0 Å². The Labute approximate surface area is 170 Å². The van der Waals surface area contributed by atoms with Gasteiger partial charge in [0.2, 0.25) is 0 Å². The van der Waals surface area contributed by atoms with E-state index in [1.807, 2.05) is 6.08 Å². The number of aliphatic hydroxyl groups is 2. The third kappa shape index (κ3) is 26.8. The van der Waals surface area contributed by atoms with Crippen molar-refractivity contribution in [2.45, 2.75) is 90.1 Å². The number of carboxylic acids is 1. The second-order valence-corrected chi connectivity index (χ2v) is 6.79. The van der Waals surface area contributed by atoms with E-state index in [0.29, 0.717) is 0 Å². The lowest BCUT2D eigenvalue weighted by Gasteiger charge is -2.06. The van der Waals surface area contributed by atoms with Crippen LogP contribution in [0.1, 0.15) is 84.0 Å². The number of unbranched alkanes of at least 4 members (excludes halogenated alkanes) is 11. The number of carbonyl (C=O) groups is 2. The van der Waals surface area contributed by atoms with Gasteiger partial charge in [-0.3, -0.25) is 4.79 Å². The van der Waals surface area contributed by atoms with Crippen LogP contribution in [0.15, 0.2) is 12.2 Å². The Balaban J connectivity index is 0. The average Bonchev–Trinajstić information content (AvgIpc) is 2.69. The zero-order valence-corrected chi connectivity index (χ0v) is 17.5. The van der Waals surface area contributed by atoms with Crippen LogP contribution in [-0.2, 0) is 14.3 Å². The standard InChI is InChI=1S/C19H36O4.C2H5NO2/c1-2-3-4-5-6-7-8-9-10-11-12-13-14-15-19(22)23-17-18(21)16-20;3-1-2(4)5/h14-15,18,20-21H,2-13,16-17H2,1H3;1,3H2,(H,4,5). The molecule has 0 saturated heterocycles. The van der Waals surface area contributed by atoms with E-state index < -0.39 is 24.6 Å². The van der Waals surface area contributed by atoms with Crippen molar-refractivity contribution in [3.63, 3.8) is 0 Å². The van der Waals surface area contributed by atoms with Crippen LogP contribution in [-0.4, -0.2) is 53.1 Å². The van der Waals surface area contributed by atoms with Crippen LogP contribution in [0.25, 0.3) is 0 Å². The number of aliphatic hydroxyl groups excluding tert-OH is 2. The Bertz CT molecular complexity index is 387. The van der Waals surface area contributed by atoms with Gasteiger partial charge in [-0.25, -0.2) is 4.79 Å². The first kappa shape index (κ1) is 28.8. The van der Waals surface area contributed by atoms with E-state index in [0.717, 1.165) is 12.8 Å². The van der Waals surface area contributed by atoms with Crippen molar-refractivity contribution in [3.8, 4) is 0 Å². The van der Waals surface area contributed by atoms with Gasteiger partial charge in [0.05, 0.1) is 13.2 Å². The zero-order valence-electron chi connectivity index (χ0n) is 17.5. The van der Waals surface area contributed by atoms with Crippen molar-refractivity contribution in [1.29, 1.82) is 0 Å². The van der Waals surface area contributed by atoms with Crippen LogP contribution in [0.5, 0.6) is 0 Å². The maximum Gasteiger partial charge on any atom is 0.330 e. The molecule has 0 spiro atoms. The lowest BCUT2D eigenvalue weighted by atomic mass is 10.1. The molecule has 0 aliphatic rings. The van der Waals surface area contributed by atoms with E-state index in [4.69, 9.17) is 20.1 Å². The highest BCUT2D eigenvalue weighted by Gasteiger charge is 2.04. The minimum Gasteiger partial charge on any atom is -0.480 e. The van der Waals surface area contributed by atoms with Crippen molar-refractivity contribution in [3.05, 3.63) is 12.2 Å². The number of hydrogen-bond acceptors (Lipinski definition) is 6. The highest BCUT2D eigenvalue weighted by molar-refractivity contribution is 5.81. The number of aliphatic carboxylic acids is 1. The zero-order chi connectivity index (χ0) is 21.5. The molecule has 0 aliphatic carbocycles. The largest absolute Gasteiger partial charge is 0.480 e. The van der Waals surface area contributed by atoms with Gasteiger partial charge in [0, 0.05) is 6.08 Å². The molecule has 0 saturated carbocycles. The third-order valence-corrected chi connectivity index (χ3v) is 4.03. The van der Waals surface area contributed by atoms with Crippen molar-refractivity contribution in [1.82, 2.24) is 0 Å². The fourth-order valence-corrected chi connectivity index (χ4v) is 2.39. The van der Waals surface area contributed by atoms with Gasteiger partial charge in [-0.1, -0.05) is 77.2 Å². The maximum absolute atomic E-state index is 11.3. The van der Waals surface area contributed by atoms with E-state index in [-0.39, 0.29) is 13.2 Å². The first-order valence-electron chi connectivity index (χ1n) is 10.5. The van der Waals surface area contributed by atoms with Gasteiger partial charge in [-0.15, -0.1) is 0 Å². The summed E-state index contributed by atoms with van der Waals surface area (Å²) in [7, 11) is 0. The Morgan fingerprint density at radius 1 is 0.964 bits per heavy atom.